The molecule has 3 rings (SSSR count). The molecule has 0 spiro atoms. The molecular formula is C86H161NO18. The van der Waals surface area contributed by atoms with Gasteiger partial charge in [0, 0.05) is 6.42 Å². The molecule has 3 aliphatic rings. The Morgan fingerprint density at radius 3 is 0.971 bits per heavy atom. The molecule has 0 aliphatic carbocycles. The van der Waals surface area contributed by atoms with Crippen molar-refractivity contribution in [2.75, 3.05) is 26.4 Å². The van der Waals surface area contributed by atoms with E-state index in [1.165, 1.54) is 295 Å². The van der Waals surface area contributed by atoms with Crippen LogP contribution in [-0.4, -0.2) is 193 Å². The maximum absolute atomic E-state index is 13.5. The number of carbonyl (C=O) groups is 1. The van der Waals surface area contributed by atoms with Crippen molar-refractivity contribution in [3.63, 3.8) is 0 Å². The molecule has 0 bridgehead atoms. The number of nitrogens with one attached hydrogen (secondary N) is 1. The van der Waals surface area contributed by atoms with Gasteiger partial charge in [-0.1, -0.05) is 352 Å². The Hall–Kier alpha value is -1.99. The zero-order chi connectivity index (χ0) is 76.0. The van der Waals surface area contributed by atoms with E-state index in [1.54, 1.807) is 6.08 Å². The van der Waals surface area contributed by atoms with Crippen molar-refractivity contribution in [1.29, 1.82) is 0 Å². The molecule has 17 atom stereocenters. The van der Waals surface area contributed by atoms with E-state index in [9.17, 15) is 61.0 Å². The van der Waals surface area contributed by atoms with Crippen LogP contribution in [0.3, 0.4) is 0 Å². The van der Waals surface area contributed by atoms with E-state index in [1.807, 2.05) is 6.08 Å². The number of allylic oxidation sites excluding steroid dienone is 5. The van der Waals surface area contributed by atoms with E-state index in [4.69, 9.17) is 28.4 Å². The highest BCUT2D eigenvalue weighted by atomic mass is 16.8. The smallest absolute Gasteiger partial charge is 0.220 e. The van der Waals surface area contributed by atoms with Crippen LogP contribution in [0.4, 0.5) is 0 Å². The summed E-state index contributed by atoms with van der Waals surface area (Å²) in [4.78, 5) is 13.5. The van der Waals surface area contributed by atoms with Gasteiger partial charge in [-0.15, -0.1) is 0 Å². The lowest BCUT2D eigenvalue weighted by atomic mass is 9.96. The SMILES string of the molecule is CCCCCCC/C=C\C/C=C\CCCCCCCCCCCCCCCCCCCCCCCCCCCCCC(=O)NC(COC1OC(CO)C(OC2OC(CO)C(OC3OC(CO)C(O)C(O)C3O)C(O)C2O)C(O)C1O)C(O)/C=C/CCCCCCCCCCCCCCCCCCCCC. The van der Waals surface area contributed by atoms with Gasteiger partial charge in [-0.3, -0.25) is 4.79 Å². The van der Waals surface area contributed by atoms with Crippen LogP contribution in [0.5, 0.6) is 0 Å². The number of amides is 1. The van der Waals surface area contributed by atoms with Gasteiger partial charge >= 0.3 is 0 Å². The third-order valence-electron chi connectivity index (χ3n) is 21.9. The van der Waals surface area contributed by atoms with E-state index in [-0.39, 0.29) is 18.9 Å². The molecule has 3 heterocycles. The summed E-state index contributed by atoms with van der Waals surface area (Å²) < 4.78 is 34.5. The number of ether oxygens (including phenoxy) is 6. The Balaban J connectivity index is 1.30. The first-order valence-electron chi connectivity index (χ1n) is 43.7. The Labute approximate surface area is 638 Å². The van der Waals surface area contributed by atoms with Gasteiger partial charge < -0.3 is 89.9 Å². The van der Waals surface area contributed by atoms with Gasteiger partial charge in [-0.05, 0) is 51.4 Å². The second-order valence-corrected chi connectivity index (χ2v) is 31.4. The molecule has 12 N–H and O–H groups in total. The fraction of sp³-hybridized carbons (Fsp3) is 0.919. The average Bonchev–Trinajstić information content (AvgIpc) is 0.780. The van der Waals surface area contributed by atoms with Crippen LogP contribution in [0, 0.1) is 0 Å². The molecular weight excluding hydrogens is 1330 g/mol. The van der Waals surface area contributed by atoms with Gasteiger partial charge in [0.25, 0.3) is 0 Å². The highest BCUT2D eigenvalue weighted by Crippen LogP contribution is 2.33. The number of aliphatic hydroxyl groups is 11. The molecule has 1 amide bonds. The minimum Gasteiger partial charge on any atom is -0.394 e. The van der Waals surface area contributed by atoms with Crippen molar-refractivity contribution < 1.29 is 89.4 Å². The van der Waals surface area contributed by atoms with Crippen LogP contribution in [-0.2, 0) is 33.2 Å². The second-order valence-electron chi connectivity index (χ2n) is 31.4. The molecule has 0 saturated carbocycles. The summed E-state index contributed by atoms with van der Waals surface area (Å²) in [5.74, 6) is -0.267. The lowest BCUT2D eigenvalue weighted by Gasteiger charge is -2.48. The molecule has 0 radical (unpaired) electrons. The largest absolute Gasteiger partial charge is 0.394 e. The highest BCUT2D eigenvalue weighted by Gasteiger charge is 2.54. The predicted octanol–water partition coefficient (Wildman–Crippen LogP) is 15.9. The maximum Gasteiger partial charge on any atom is 0.220 e. The first kappa shape index (κ1) is 97.2. The van der Waals surface area contributed by atoms with Gasteiger partial charge in [0.15, 0.2) is 18.9 Å². The monoisotopic (exact) mass is 1500 g/mol. The van der Waals surface area contributed by atoms with Crippen molar-refractivity contribution in [1.82, 2.24) is 5.32 Å². The zero-order valence-corrected chi connectivity index (χ0v) is 66.5. The van der Waals surface area contributed by atoms with Gasteiger partial charge in [-0.25, -0.2) is 0 Å². The quantitative estimate of drug-likeness (QED) is 0.0199. The van der Waals surface area contributed by atoms with Gasteiger partial charge in [0.1, 0.15) is 73.2 Å². The minimum absolute atomic E-state index is 0.248. The molecule has 0 aromatic rings. The molecule has 3 aliphatic heterocycles. The molecule has 17 unspecified atom stereocenters. The first-order valence-corrected chi connectivity index (χ1v) is 43.7. The van der Waals surface area contributed by atoms with E-state index in [0.29, 0.717) is 6.42 Å². The molecule has 19 nitrogen and oxygen atoms in total. The summed E-state index contributed by atoms with van der Waals surface area (Å²) in [5.41, 5.74) is 0. The van der Waals surface area contributed by atoms with Crippen molar-refractivity contribution in [3.05, 3.63) is 36.5 Å². The summed E-state index contributed by atoms with van der Waals surface area (Å²) in [6.45, 7) is 1.78. The zero-order valence-electron chi connectivity index (χ0n) is 66.5. The topological polar surface area (TPSA) is 307 Å². The summed E-state index contributed by atoms with van der Waals surface area (Å²) in [7, 11) is 0. The molecule has 3 saturated heterocycles. The number of carbonyl (C=O) groups excluding carboxylic acids is 1. The molecule has 618 valence electrons. The Bertz CT molecular complexity index is 2030. The van der Waals surface area contributed by atoms with Crippen molar-refractivity contribution in [2.24, 2.45) is 0 Å². The van der Waals surface area contributed by atoms with Crippen LogP contribution < -0.4 is 5.32 Å². The highest BCUT2D eigenvalue weighted by molar-refractivity contribution is 5.76. The lowest BCUT2D eigenvalue weighted by molar-refractivity contribution is -0.379. The standard InChI is InChI=1S/C86H161NO18/c1-3-5-7-9-11-13-15-17-19-21-23-25-26-27-28-29-30-31-32-33-34-35-36-37-38-39-40-41-42-44-46-48-50-52-54-56-58-60-62-64-74(92)87-69(70(91)63-61-59-57-55-53-51-49-47-45-43-24-22-20-18-16-14-12-10-8-6-4-2)68-100-84-80(98)77(95)82(72(66-89)102-84)105-86-81(99)78(96)83(73(67-90)103-86)104-85-79(97)76(94)75(93)71(65-88)101-85/h15,17,21,23,61,63,69-73,75-86,88-91,93-99H,3-14,16,18-20,22,24-60,62,64-68H2,1-2H3,(H,87,92)/b17-15-,23-21-,63-61+. The summed E-state index contributed by atoms with van der Waals surface area (Å²) in [6.07, 6.45) is 57.3. The summed E-state index contributed by atoms with van der Waals surface area (Å²) in [5, 5.41) is 121. The Morgan fingerprint density at radius 2 is 0.629 bits per heavy atom. The summed E-state index contributed by atoms with van der Waals surface area (Å²) in [6, 6.07) is -0.972. The van der Waals surface area contributed by atoms with Crippen molar-refractivity contribution in [2.45, 2.75) is 478 Å². The lowest BCUT2D eigenvalue weighted by Crippen LogP contribution is -2.66. The third-order valence-corrected chi connectivity index (χ3v) is 21.9. The number of aliphatic hydroxyl groups excluding tert-OH is 11. The second kappa shape index (κ2) is 66.6. The predicted molar refractivity (Wildman–Crippen MR) is 420 cm³/mol. The van der Waals surface area contributed by atoms with Gasteiger partial charge in [0.2, 0.25) is 5.91 Å². The van der Waals surface area contributed by atoms with Crippen LogP contribution in [0.1, 0.15) is 373 Å². The number of hydrogen-bond acceptors (Lipinski definition) is 18. The number of rotatable bonds is 71. The third kappa shape index (κ3) is 46.0. The molecule has 0 aromatic heterocycles. The van der Waals surface area contributed by atoms with E-state index in [0.717, 1.165) is 51.4 Å². The molecule has 3 fully saturated rings. The Kier molecular flexibility index (Phi) is 61.7. The first-order chi connectivity index (χ1) is 51.3. The summed E-state index contributed by atoms with van der Waals surface area (Å²) >= 11 is 0. The average molecular weight is 1500 g/mol. The van der Waals surface area contributed by atoms with Gasteiger partial charge in [0.05, 0.1) is 38.6 Å². The number of hydrogen-bond donors (Lipinski definition) is 12. The number of unbranched alkanes of at least 4 members (excludes halogenated alkanes) is 51. The van der Waals surface area contributed by atoms with Crippen LogP contribution in [0.25, 0.3) is 0 Å². The Morgan fingerprint density at radius 1 is 0.343 bits per heavy atom. The van der Waals surface area contributed by atoms with E-state index >= 15 is 0 Å². The maximum atomic E-state index is 13.5. The van der Waals surface area contributed by atoms with Crippen LogP contribution in [0.15, 0.2) is 36.5 Å². The molecule has 0 aromatic carbocycles. The molecule has 19 heteroatoms. The van der Waals surface area contributed by atoms with Crippen molar-refractivity contribution >= 4 is 5.91 Å². The van der Waals surface area contributed by atoms with Gasteiger partial charge in [-0.2, -0.15) is 0 Å². The van der Waals surface area contributed by atoms with Crippen molar-refractivity contribution in [3.8, 4) is 0 Å². The fourth-order valence-electron chi connectivity index (χ4n) is 14.9. The minimum atomic E-state index is -1.98. The normalized spacial score (nSPS) is 25.9. The van der Waals surface area contributed by atoms with E-state index < -0.39 is 124 Å². The fourth-order valence-corrected chi connectivity index (χ4v) is 14.9. The van der Waals surface area contributed by atoms with Crippen LogP contribution in [0.2, 0.25) is 0 Å². The van der Waals surface area contributed by atoms with Crippen LogP contribution >= 0.6 is 0 Å². The molecule has 105 heavy (non-hydrogen) atoms. The van der Waals surface area contributed by atoms with E-state index in [2.05, 4.69) is 43.5 Å².